The molecule has 2 rings (SSSR count). The van der Waals surface area contributed by atoms with Crippen molar-refractivity contribution >= 4 is 5.97 Å². The van der Waals surface area contributed by atoms with E-state index in [1.807, 2.05) is 0 Å². The highest BCUT2D eigenvalue weighted by atomic mass is 16.4. The predicted octanol–water partition coefficient (Wildman–Crippen LogP) is 0.467. The van der Waals surface area contributed by atoms with E-state index in [9.17, 15) is 4.79 Å². The van der Waals surface area contributed by atoms with Crippen LogP contribution < -0.4 is 5.32 Å². The number of piperazine rings is 1. The minimum atomic E-state index is -0.783. The lowest BCUT2D eigenvalue weighted by Gasteiger charge is -2.30. The molecule has 2 heterocycles. The van der Waals surface area contributed by atoms with Crippen LogP contribution in [0.15, 0.2) is 6.07 Å². The fourth-order valence-electron chi connectivity index (χ4n) is 2.37. The van der Waals surface area contributed by atoms with Crippen molar-refractivity contribution in [2.75, 3.05) is 19.6 Å². The molecule has 1 aromatic heterocycles. The van der Waals surface area contributed by atoms with E-state index in [1.54, 1.807) is 0 Å². The van der Waals surface area contributed by atoms with Crippen molar-refractivity contribution in [3.8, 4) is 0 Å². The number of H-pyrrole nitrogens is 1. The van der Waals surface area contributed by atoms with E-state index in [-0.39, 0.29) is 0 Å². The lowest BCUT2D eigenvalue weighted by atomic mass is 10.1. The minimum Gasteiger partial charge on any atom is -0.480 e. The maximum absolute atomic E-state index is 11.0. The second-order valence-electron chi connectivity index (χ2n) is 5.56. The summed E-state index contributed by atoms with van der Waals surface area (Å²) in [5, 5.41) is 19.3. The second-order valence-corrected chi connectivity index (χ2v) is 5.56. The Kier molecular flexibility index (Phi) is 4.55. The van der Waals surface area contributed by atoms with Gasteiger partial charge in [-0.05, 0) is 18.4 Å². The number of carbonyl (C=O) groups is 1. The smallest absolute Gasteiger partial charge is 0.322 e. The summed E-state index contributed by atoms with van der Waals surface area (Å²) in [5.74, 6) is -0.193. The average molecular weight is 266 g/mol. The van der Waals surface area contributed by atoms with Crippen molar-refractivity contribution in [2.45, 2.75) is 32.9 Å². The van der Waals surface area contributed by atoms with Gasteiger partial charge in [0, 0.05) is 31.9 Å². The molecule has 1 aromatic rings. The van der Waals surface area contributed by atoms with E-state index in [4.69, 9.17) is 5.11 Å². The van der Waals surface area contributed by atoms with Crippen LogP contribution in [0.3, 0.4) is 0 Å². The van der Waals surface area contributed by atoms with Gasteiger partial charge in [0.25, 0.3) is 0 Å². The SMILES string of the molecule is CC(C)Cc1cc(CN2CCNC(C(=O)O)C2)[nH]n1. The van der Waals surface area contributed by atoms with Crippen LogP contribution in [0.2, 0.25) is 0 Å². The van der Waals surface area contributed by atoms with Gasteiger partial charge in [-0.1, -0.05) is 13.8 Å². The van der Waals surface area contributed by atoms with E-state index in [2.05, 4.69) is 40.3 Å². The molecule has 1 atom stereocenters. The number of aliphatic carboxylic acids is 1. The Labute approximate surface area is 113 Å². The molecule has 106 valence electrons. The highest BCUT2D eigenvalue weighted by molar-refractivity contribution is 5.73. The summed E-state index contributed by atoms with van der Waals surface area (Å²) in [7, 11) is 0. The first kappa shape index (κ1) is 14.0. The Morgan fingerprint density at radius 2 is 2.42 bits per heavy atom. The molecular formula is C13H22N4O2. The normalized spacial score (nSPS) is 20.9. The lowest BCUT2D eigenvalue weighted by Crippen LogP contribution is -2.53. The summed E-state index contributed by atoms with van der Waals surface area (Å²) in [6.45, 7) is 7.18. The topological polar surface area (TPSA) is 81.3 Å². The summed E-state index contributed by atoms with van der Waals surface area (Å²) in [6.07, 6.45) is 0.968. The number of carboxylic acid groups (broad SMARTS) is 1. The largest absolute Gasteiger partial charge is 0.480 e. The Hall–Kier alpha value is -1.40. The molecule has 1 saturated heterocycles. The molecule has 6 heteroatoms. The average Bonchev–Trinajstić information content (AvgIpc) is 2.76. The van der Waals surface area contributed by atoms with Crippen LogP contribution in [0.25, 0.3) is 0 Å². The van der Waals surface area contributed by atoms with Gasteiger partial charge in [-0.15, -0.1) is 0 Å². The van der Waals surface area contributed by atoms with Gasteiger partial charge in [0.15, 0.2) is 0 Å². The van der Waals surface area contributed by atoms with Gasteiger partial charge in [-0.2, -0.15) is 5.10 Å². The molecule has 0 saturated carbocycles. The van der Waals surface area contributed by atoms with Crippen LogP contribution in [-0.4, -0.2) is 51.8 Å². The monoisotopic (exact) mass is 266 g/mol. The maximum atomic E-state index is 11.0. The first-order chi connectivity index (χ1) is 9.04. The molecule has 0 spiro atoms. The number of nitrogens with one attached hydrogen (secondary N) is 2. The first-order valence-corrected chi connectivity index (χ1v) is 6.76. The van der Waals surface area contributed by atoms with E-state index in [1.165, 1.54) is 0 Å². The van der Waals surface area contributed by atoms with Crippen LogP contribution in [0.1, 0.15) is 25.2 Å². The summed E-state index contributed by atoms with van der Waals surface area (Å²) < 4.78 is 0. The molecule has 1 unspecified atom stereocenters. The van der Waals surface area contributed by atoms with Crippen molar-refractivity contribution in [1.29, 1.82) is 0 Å². The molecule has 0 aromatic carbocycles. The predicted molar refractivity (Wildman–Crippen MR) is 71.8 cm³/mol. The minimum absolute atomic E-state index is 0.466. The number of carboxylic acids is 1. The van der Waals surface area contributed by atoms with E-state index < -0.39 is 12.0 Å². The van der Waals surface area contributed by atoms with Crippen molar-refractivity contribution < 1.29 is 9.90 Å². The van der Waals surface area contributed by atoms with Crippen LogP contribution in [0.4, 0.5) is 0 Å². The van der Waals surface area contributed by atoms with Crippen LogP contribution >= 0.6 is 0 Å². The third-order valence-corrected chi connectivity index (χ3v) is 3.25. The molecule has 1 aliphatic rings. The summed E-state index contributed by atoms with van der Waals surface area (Å²) in [6, 6.07) is 1.62. The number of nitrogens with zero attached hydrogens (tertiary/aromatic N) is 2. The molecule has 3 N–H and O–H groups in total. The highest BCUT2D eigenvalue weighted by Crippen LogP contribution is 2.10. The molecule has 0 radical (unpaired) electrons. The van der Waals surface area contributed by atoms with Crippen molar-refractivity contribution in [2.24, 2.45) is 5.92 Å². The molecule has 0 aliphatic carbocycles. The van der Waals surface area contributed by atoms with Gasteiger partial charge in [-0.25, -0.2) is 0 Å². The first-order valence-electron chi connectivity index (χ1n) is 6.76. The van der Waals surface area contributed by atoms with Gasteiger partial charge < -0.3 is 10.4 Å². The number of aromatic amines is 1. The molecule has 0 amide bonds. The third-order valence-electron chi connectivity index (χ3n) is 3.25. The van der Waals surface area contributed by atoms with E-state index in [0.717, 1.165) is 30.9 Å². The van der Waals surface area contributed by atoms with Gasteiger partial charge in [0.2, 0.25) is 0 Å². The Morgan fingerprint density at radius 3 is 3.11 bits per heavy atom. The fraction of sp³-hybridized carbons (Fsp3) is 0.692. The number of hydrogen-bond donors (Lipinski definition) is 3. The summed E-state index contributed by atoms with van der Waals surface area (Å²) in [4.78, 5) is 13.1. The lowest BCUT2D eigenvalue weighted by molar-refractivity contribution is -0.140. The zero-order chi connectivity index (χ0) is 13.8. The third kappa shape index (κ3) is 4.04. The van der Waals surface area contributed by atoms with Crippen LogP contribution in [0.5, 0.6) is 0 Å². The number of hydrogen-bond acceptors (Lipinski definition) is 4. The molecule has 1 aliphatic heterocycles. The van der Waals surface area contributed by atoms with E-state index >= 15 is 0 Å². The molecular weight excluding hydrogens is 244 g/mol. The molecule has 1 fully saturated rings. The second kappa shape index (κ2) is 6.16. The van der Waals surface area contributed by atoms with Crippen molar-refractivity contribution in [3.63, 3.8) is 0 Å². The van der Waals surface area contributed by atoms with Crippen LogP contribution in [-0.2, 0) is 17.8 Å². The number of aromatic nitrogens is 2. The standard InChI is InChI=1S/C13H22N4O2/c1-9(2)5-10-6-11(16-15-10)7-17-4-3-14-12(8-17)13(18)19/h6,9,12,14H,3-5,7-8H2,1-2H3,(H,15,16)(H,18,19). The zero-order valence-corrected chi connectivity index (χ0v) is 11.5. The quantitative estimate of drug-likeness (QED) is 0.721. The molecule has 19 heavy (non-hydrogen) atoms. The summed E-state index contributed by atoms with van der Waals surface area (Å²) in [5.41, 5.74) is 2.14. The number of rotatable bonds is 5. The van der Waals surface area contributed by atoms with Gasteiger partial charge in [0.1, 0.15) is 6.04 Å². The highest BCUT2D eigenvalue weighted by Gasteiger charge is 2.24. The Bertz CT molecular complexity index is 430. The Morgan fingerprint density at radius 1 is 1.63 bits per heavy atom. The fourth-order valence-corrected chi connectivity index (χ4v) is 2.37. The zero-order valence-electron chi connectivity index (χ0n) is 11.5. The molecule has 0 bridgehead atoms. The van der Waals surface area contributed by atoms with Gasteiger partial charge >= 0.3 is 5.97 Å². The summed E-state index contributed by atoms with van der Waals surface area (Å²) >= 11 is 0. The van der Waals surface area contributed by atoms with Gasteiger partial charge in [0.05, 0.1) is 5.69 Å². The van der Waals surface area contributed by atoms with E-state index in [0.29, 0.717) is 19.0 Å². The Balaban J connectivity index is 1.89. The maximum Gasteiger partial charge on any atom is 0.322 e. The van der Waals surface area contributed by atoms with Crippen LogP contribution in [0, 0.1) is 5.92 Å². The molecule has 6 nitrogen and oxygen atoms in total. The van der Waals surface area contributed by atoms with Gasteiger partial charge in [-0.3, -0.25) is 14.8 Å². The van der Waals surface area contributed by atoms with Crippen molar-refractivity contribution in [1.82, 2.24) is 20.4 Å². The van der Waals surface area contributed by atoms with Crippen molar-refractivity contribution in [3.05, 3.63) is 17.5 Å².